The lowest BCUT2D eigenvalue weighted by molar-refractivity contribution is -0.116. The highest BCUT2D eigenvalue weighted by Crippen LogP contribution is 2.19. The Hall–Kier alpha value is -1.46. The number of halogens is 1. The summed E-state index contributed by atoms with van der Waals surface area (Å²) in [7, 11) is 0. The van der Waals surface area contributed by atoms with Gasteiger partial charge in [-0.2, -0.15) is 0 Å². The molecule has 0 radical (unpaired) electrons. The van der Waals surface area contributed by atoms with Crippen molar-refractivity contribution in [1.82, 2.24) is 10.2 Å². The molecule has 0 saturated heterocycles. The number of hydrogen-bond donors (Lipinski definition) is 1. The van der Waals surface area contributed by atoms with Gasteiger partial charge in [0.15, 0.2) is 0 Å². The zero-order valence-corrected chi connectivity index (χ0v) is 12.8. The summed E-state index contributed by atoms with van der Waals surface area (Å²) < 4.78 is 0. The lowest BCUT2D eigenvalue weighted by Gasteiger charge is -2.03. The molecule has 0 unspecified atom stereocenters. The molecule has 106 valence electrons. The van der Waals surface area contributed by atoms with Crippen LogP contribution in [0.5, 0.6) is 0 Å². The van der Waals surface area contributed by atoms with Crippen molar-refractivity contribution in [3.05, 3.63) is 39.9 Å². The third-order valence-electron chi connectivity index (χ3n) is 2.76. The standard InChI is InChI=1S/C14H16ClN3OS/c1-2-5-13-17-18-14(20-13)16-12(19)9-8-10-6-3-4-7-11(10)15/h3-4,6-7H,2,5,8-9H2,1H3,(H,16,18,19). The van der Waals surface area contributed by atoms with Crippen molar-refractivity contribution in [3.63, 3.8) is 0 Å². The molecule has 1 heterocycles. The molecule has 0 aliphatic rings. The van der Waals surface area contributed by atoms with Gasteiger partial charge in [-0.15, -0.1) is 10.2 Å². The SMILES string of the molecule is CCCc1nnc(NC(=O)CCc2ccccc2Cl)s1. The second-order valence-electron chi connectivity index (χ2n) is 4.39. The molecule has 0 aliphatic carbocycles. The van der Waals surface area contributed by atoms with Gasteiger partial charge in [0.25, 0.3) is 0 Å². The smallest absolute Gasteiger partial charge is 0.226 e. The first kappa shape index (κ1) is 14.9. The van der Waals surface area contributed by atoms with Crippen molar-refractivity contribution in [1.29, 1.82) is 0 Å². The molecule has 1 N–H and O–H groups in total. The number of rotatable bonds is 6. The van der Waals surface area contributed by atoms with Crippen molar-refractivity contribution < 1.29 is 4.79 Å². The van der Waals surface area contributed by atoms with Gasteiger partial charge in [-0.1, -0.05) is 48.1 Å². The molecule has 1 aromatic heterocycles. The summed E-state index contributed by atoms with van der Waals surface area (Å²) in [5.41, 5.74) is 0.980. The minimum atomic E-state index is -0.0656. The van der Waals surface area contributed by atoms with Gasteiger partial charge >= 0.3 is 0 Å². The van der Waals surface area contributed by atoms with Crippen LogP contribution in [0.3, 0.4) is 0 Å². The van der Waals surface area contributed by atoms with E-state index in [1.165, 1.54) is 11.3 Å². The molecule has 0 atom stereocenters. The van der Waals surface area contributed by atoms with Crippen molar-refractivity contribution in [2.24, 2.45) is 0 Å². The number of aromatic nitrogens is 2. The van der Waals surface area contributed by atoms with Crippen LogP contribution in [0.15, 0.2) is 24.3 Å². The van der Waals surface area contributed by atoms with E-state index in [2.05, 4.69) is 22.4 Å². The average molecular weight is 310 g/mol. The number of carbonyl (C=O) groups excluding carboxylic acids is 1. The maximum atomic E-state index is 11.8. The van der Waals surface area contributed by atoms with E-state index in [1.807, 2.05) is 24.3 Å². The zero-order chi connectivity index (χ0) is 14.4. The van der Waals surface area contributed by atoms with E-state index < -0.39 is 0 Å². The van der Waals surface area contributed by atoms with Gasteiger partial charge in [0.2, 0.25) is 11.0 Å². The first-order valence-corrected chi connectivity index (χ1v) is 7.74. The fourth-order valence-corrected chi connectivity index (χ4v) is 2.84. The minimum absolute atomic E-state index is 0.0656. The van der Waals surface area contributed by atoms with Gasteiger partial charge < -0.3 is 5.32 Å². The van der Waals surface area contributed by atoms with Crippen LogP contribution in [-0.4, -0.2) is 16.1 Å². The highest BCUT2D eigenvalue weighted by Gasteiger charge is 2.09. The first-order valence-electron chi connectivity index (χ1n) is 6.54. The molecule has 6 heteroatoms. The summed E-state index contributed by atoms with van der Waals surface area (Å²) >= 11 is 7.48. The summed E-state index contributed by atoms with van der Waals surface area (Å²) in [6.07, 6.45) is 2.92. The first-order chi connectivity index (χ1) is 9.69. The number of hydrogen-bond acceptors (Lipinski definition) is 4. The molecule has 2 aromatic rings. The molecule has 0 aliphatic heterocycles. The number of anilines is 1. The molecular formula is C14H16ClN3OS. The van der Waals surface area contributed by atoms with Crippen molar-refractivity contribution in [2.75, 3.05) is 5.32 Å². The lowest BCUT2D eigenvalue weighted by Crippen LogP contribution is -2.12. The highest BCUT2D eigenvalue weighted by atomic mass is 35.5. The molecule has 0 saturated carbocycles. The Balaban J connectivity index is 1.84. The van der Waals surface area contributed by atoms with Gasteiger partial charge in [0.05, 0.1) is 0 Å². The molecule has 1 amide bonds. The Morgan fingerprint density at radius 3 is 2.85 bits per heavy atom. The van der Waals surface area contributed by atoms with Gasteiger partial charge in [-0.25, -0.2) is 0 Å². The predicted molar refractivity (Wildman–Crippen MR) is 82.3 cm³/mol. The third-order valence-corrected chi connectivity index (χ3v) is 4.02. The quantitative estimate of drug-likeness (QED) is 0.885. The molecule has 4 nitrogen and oxygen atoms in total. The summed E-state index contributed by atoms with van der Waals surface area (Å²) in [6, 6.07) is 7.56. The molecule has 1 aromatic carbocycles. The maximum absolute atomic E-state index is 11.8. The van der Waals surface area contributed by atoms with Crippen LogP contribution in [0.1, 0.15) is 30.3 Å². The van der Waals surface area contributed by atoms with Crippen LogP contribution in [0, 0.1) is 0 Å². The van der Waals surface area contributed by atoms with Crippen LogP contribution in [0.4, 0.5) is 5.13 Å². The summed E-state index contributed by atoms with van der Waals surface area (Å²) in [6.45, 7) is 2.09. The van der Waals surface area contributed by atoms with E-state index in [9.17, 15) is 4.79 Å². The van der Waals surface area contributed by atoms with E-state index in [0.717, 1.165) is 23.4 Å². The number of amides is 1. The van der Waals surface area contributed by atoms with Gasteiger partial charge in [-0.3, -0.25) is 4.79 Å². The lowest BCUT2D eigenvalue weighted by atomic mass is 10.1. The van der Waals surface area contributed by atoms with E-state index in [-0.39, 0.29) is 5.91 Å². The Kier molecular flexibility index (Phi) is 5.49. The number of nitrogens with one attached hydrogen (secondary N) is 1. The van der Waals surface area contributed by atoms with Crippen LogP contribution < -0.4 is 5.32 Å². The fourth-order valence-electron chi connectivity index (χ4n) is 1.75. The van der Waals surface area contributed by atoms with E-state index in [4.69, 9.17) is 11.6 Å². The Morgan fingerprint density at radius 1 is 1.30 bits per heavy atom. The molecule has 0 fully saturated rings. The Labute approximate surface area is 127 Å². The predicted octanol–water partition coefficient (Wildman–Crippen LogP) is 3.72. The van der Waals surface area contributed by atoms with Gasteiger partial charge in [0, 0.05) is 17.9 Å². The Bertz CT molecular complexity index is 585. The third kappa shape index (κ3) is 4.28. The van der Waals surface area contributed by atoms with Gasteiger partial charge in [0.1, 0.15) is 5.01 Å². The van der Waals surface area contributed by atoms with Crippen LogP contribution in [0.2, 0.25) is 5.02 Å². The summed E-state index contributed by atoms with van der Waals surface area (Å²) in [4.78, 5) is 11.8. The molecule has 2 rings (SSSR count). The fraction of sp³-hybridized carbons (Fsp3) is 0.357. The Morgan fingerprint density at radius 2 is 2.10 bits per heavy atom. The van der Waals surface area contributed by atoms with E-state index in [1.54, 1.807) is 0 Å². The molecule has 0 bridgehead atoms. The minimum Gasteiger partial charge on any atom is -0.301 e. The van der Waals surface area contributed by atoms with Crippen LogP contribution in [-0.2, 0) is 17.6 Å². The molecule has 20 heavy (non-hydrogen) atoms. The number of nitrogens with zero attached hydrogens (tertiary/aromatic N) is 2. The van der Waals surface area contributed by atoms with Crippen molar-refractivity contribution in [2.45, 2.75) is 32.6 Å². The summed E-state index contributed by atoms with van der Waals surface area (Å²) in [5.74, 6) is -0.0656. The molecule has 0 spiro atoms. The van der Waals surface area contributed by atoms with Gasteiger partial charge in [-0.05, 0) is 24.5 Å². The number of benzene rings is 1. The monoisotopic (exact) mass is 309 g/mol. The van der Waals surface area contributed by atoms with Crippen molar-refractivity contribution in [3.8, 4) is 0 Å². The van der Waals surface area contributed by atoms with E-state index >= 15 is 0 Å². The van der Waals surface area contributed by atoms with E-state index in [0.29, 0.717) is 23.0 Å². The largest absolute Gasteiger partial charge is 0.301 e. The second-order valence-corrected chi connectivity index (χ2v) is 5.86. The summed E-state index contributed by atoms with van der Waals surface area (Å²) in [5, 5.41) is 13.0. The second kappa shape index (κ2) is 7.36. The van der Waals surface area contributed by atoms with Crippen LogP contribution >= 0.6 is 22.9 Å². The van der Waals surface area contributed by atoms with Crippen LogP contribution in [0.25, 0.3) is 0 Å². The van der Waals surface area contributed by atoms with Crippen molar-refractivity contribution >= 4 is 34.0 Å². The zero-order valence-electron chi connectivity index (χ0n) is 11.2. The number of aryl methyl sites for hydroxylation is 2. The average Bonchev–Trinajstić information content (AvgIpc) is 2.85. The topological polar surface area (TPSA) is 54.9 Å². The highest BCUT2D eigenvalue weighted by molar-refractivity contribution is 7.15. The normalized spacial score (nSPS) is 10.5. The maximum Gasteiger partial charge on any atom is 0.226 e. The number of carbonyl (C=O) groups is 1. The molecular weight excluding hydrogens is 294 g/mol.